The second kappa shape index (κ2) is 13.1. The number of carbonyl (C=O) groups is 2. The minimum absolute atomic E-state index is 0.147. The molecule has 0 aliphatic carbocycles. The van der Waals surface area contributed by atoms with Crippen molar-refractivity contribution in [1.82, 2.24) is 5.32 Å². The maximum atomic E-state index is 12.0. The van der Waals surface area contributed by atoms with Crippen LogP contribution in [0.15, 0.2) is 42.5 Å². The van der Waals surface area contributed by atoms with Crippen molar-refractivity contribution in [2.45, 2.75) is 88.4 Å². The van der Waals surface area contributed by atoms with Gasteiger partial charge in [-0.25, -0.2) is 10.9 Å². The lowest BCUT2D eigenvalue weighted by atomic mass is 9.93. The molecule has 1 fully saturated rings. The molecule has 1 aliphatic heterocycles. The lowest BCUT2D eigenvalue weighted by molar-refractivity contribution is -0.130. The molecule has 2 amide bonds. The molecule has 0 radical (unpaired) electrons. The maximum Gasteiger partial charge on any atom is 0.242 e. The fraction of sp³-hybridized carbons (Fsp3) is 0.533. The van der Waals surface area contributed by atoms with Crippen LogP contribution in [0.2, 0.25) is 0 Å². The molecule has 2 aromatic rings. The molecule has 3 rings (SSSR count). The Kier molecular flexibility index (Phi) is 10.4. The molecular weight excluding hydrogens is 500 g/mol. The van der Waals surface area contributed by atoms with Crippen molar-refractivity contribution in [3.05, 3.63) is 70.3 Å². The predicted octanol–water partition coefficient (Wildman–Crippen LogP) is 2.84. The first-order valence-electron chi connectivity index (χ1n) is 13.4. The molecule has 38 heavy (non-hydrogen) atoms. The van der Waals surface area contributed by atoms with E-state index < -0.39 is 40.7 Å². The van der Waals surface area contributed by atoms with Gasteiger partial charge in [0.05, 0.1) is 12.2 Å². The van der Waals surface area contributed by atoms with E-state index in [0.717, 1.165) is 37.7 Å². The summed E-state index contributed by atoms with van der Waals surface area (Å²) in [4.78, 5) is 23.4. The van der Waals surface area contributed by atoms with Crippen LogP contribution in [-0.2, 0) is 22.4 Å². The van der Waals surface area contributed by atoms with E-state index in [1.165, 1.54) is 22.3 Å². The van der Waals surface area contributed by atoms with Crippen LogP contribution < -0.4 is 11.1 Å². The largest absolute Gasteiger partial charge is 0.390 e. The van der Waals surface area contributed by atoms with Crippen LogP contribution in [0.1, 0.15) is 72.6 Å². The van der Waals surface area contributed by atoms with E-state index >= 15 is 0 Å². The van der Waals surface area contributed by atoms with Gasteiger partial charge in [0.1, 0.15) is 11.6 Å². The van der Waals surface area contributed by atoms with E-state index in [4.69, 9.17) is 5.73 Å². The van der Waals surface area contributed by atoms with Gasteiger partial charge in [0.15, 0.2) is 0 Å². The number of aryl methyl sites for hydroxylation is 2. The van der Waals surface area contributed by atoms with E-state index in [-0.39, 0.29) is 11.2 Å². The van der Waals surface area contributed by atoms with Crippen molar-refractivity contribution in [2.24, 2.45) is 5.73 Å². The number of benzene rings is 2. The Hall–Kier alpha value is -2.39. The molecule has 8 heteroatoms. The molecule has 6 N–H and O–H groups in total. The van der Waals surface area contributed by atoms with Crippen LogP contribution >= 0.6 is 10.9 Å². The third-order valence-corrected chi connectivity index (χ3v) is 10.1. The van der Waals surface area contributed by atoms with Crippen LogP contribution in [0.25, 0.3) is 0 Å². The third-order valence-electron chi connectivity index (χ3n) is 7.59. The maximum absolute atomic E-state index is 12.0. The van der Waals surface area contributed by atoms with Gasteiger partial charge in [0.25, 0.3) is 0 Å². The summed E-state index contributed by atoms with van der Waals surface area (Å²) in [6, 6.07) is 14.9. The Morgan fingerprint density at radius 2 is 1.66 bits per heavy atom. The summed E-state index contributed by atoms with van der Waals surface area (Å²) in [5.74, 6) is -0.167. The normalized spacial score (nSPS) is 24.7. The molecule has 0 bridgehead atoms. The summed E-state index contributed by atoms with van der Waals surface area (Å²) < 4.78 is 0. The van der Waals surface area contributed by atoms with Gasteiger partial charge in [-0.05, 0) is 80.5 Å². The highest BCUT2D eigenvalue weighted by Crippen LogP contribution is 2.48. The average Bonchev–Trinajstić information content (AvgIpc) is 2.85. The number of carbonyl (C=O) groups excluding carboxylic acids is 2. The highest BCUT2D eigenvalue weighted by Gasteiger charge is 2.40. The lowest BCUT2D eigenvalue weighted by Crippen LogP contribution is -2.52. The molecule has 2 aromatic carbocycles. The summed E-state index contributed by atoms with van der Waals surface area (Å²) in [6.45, 7) is 5.30. The lowest BCUT2D eigenvalue weighted by Gasteiger charge is -2.42. The van der Waals surface area contributed by atoms with Gasteiger partial charge < -0.3 is 26.4 Å². The average molecular weight is 545 g/mol. The van der Waals surface area contributed by atoms with Gasteiger partial charge in [-0.1, -0.05) is 48.9 Å². The zero-order chi connectivity index (χ0) is 28.0. The molecule has 210 valence electrons. The van der Waals surface area contributed by atoms with Crippen LogP contribution in [0.5, 0.6) is 0 Å². The molecule has 1 unspecified atom stereocenters. The number of primary amides is 1. The first-order chi connectivity index (χ1) is 17.9. The summed E-state index contributed by atoms with van der Waals surface area (Å²) in [6.07, 6.45) is 3.93. The zero-order valence-electron chi connectivity index (χ0n) is 23.0. The first-order valence-corrected chi connectivity index (χ1v) is 15.5. The fourth-order valence-corrected chi connectivity index (χ4v) is 7.42. The van der Waals surface area contributed by atoms with Crippen molar-refractivity contribution in [3.8, 4) is 0 Å². The topological polar surface area (TPSA) is 133 Å². The van der Waals surface area contributed by atoms with Gasteiger partial charge >= 0.3 is 0 Å². The predicted molar refractivity (Wildman–Crippen MR) is 155 cm³/mol. The van der Waals surface area contributed by atoms with Crippen molar-refractivity contribution >= 4 is 22.7 Å². The number of aliphatic hydroxyl groups excluding tert-OH is 3. The Morgan fingerprint density at radius 1 is 1.00 bits per heavy atom. The fourth-order valence-electron chi connectivity index (χ4n) is 5.02. The smallest absolute Gasteiger partial charge is 0.242 e. The van der Waals surface area contributed by atoms with Gasteiger partial charge in [0, 0.05) is 17.4 Å². The van der Waals surface area contributed by atoms with Crippen LogP contribution in [0.3, 0.4) is 0 Å². The molecule has 0 spiro atoms. The number of rotatable bonds is 11. The monoisotopic (exact) mass is 544 g/mol. The molecule has 0 aromatic heterocycles. The third kappa shape index (κ3) is 7.82. The molecule has 0 saturated carbocycles. The molecular formula is C30H44N2O5S. The van der Waals surface area contributed by atoms with Crippen LogP contribution in [0.4, 0.5) is 0 Å². The molecule has 1 aliphatic rings. The number of aliphatic hydroxyl groups is 3. The number of thiol groups is 1. The SMILES string of the molecule is Cc1ccc([C@H]2[C@H](O)[C@H](O)[C@H](O)C[SH]2C)cc1Cc1ccc(CCCCCC(=O)NC(C)(C)C(N)=O)cc1. The van der Waals surface area contributed by atoms with E-state index in [1.807, 2.05) is 6.07 Å². The first kappa shape index (κ1) is 30.2. The number of nitrogens with two attached hydrogens (primary N) is 1. The van der Waals surface area contributed by atoms with Gasteiger partial charge in [-0.2, -0.15) is 0 Å². The summed E-state index contributed by atoms with van der Waals surface area (Å²) in [5, 5.41) is 33.5. The quantitative estimate of drug-likeness (QED) is 0.191. The Labute approximate surface area is 229 Å². The molecule has 7 nitrogen and oxygen atoms in total. The van der Waals surface area contributed by atoms with Gasteiger partial charge in [-0.3, -0.25) is 9.59 Å². The molecule has 5 atom stereocenters. The van der Waals surface area contributed by atoms with E-state index in [9.17, 15) is 24.9 Å². The minimum Gasteiger partial charge on any atom is -0.390 e. The highest BCUT2D eigenvalue weighted by molar-refractivity contribution is 8.16. The van der Waals surface area contributed by atoms with E-state index in [2.05, 4.69) is 54.9 Å². The van der Waals surface area contributed by atoms with Crippen LogP contribution in [0, 0.1) is 6.92 Å². The number of unbranched alkanes of at least 4 members (excludes halogenated alkanes) is 2. The Bertz CT molecular complexity index is 1100. The number of hydrogen-bond acceptors (Lipinski definition) is 5. The van der Waals surface area contributed by atoms with Crippen molar-refractivity contribution in [1.29, 1.82) is 0 Å². The Balaban J connectivity index is 1.51. The number of hydrogen-bond donors (Lipinski definition) is 6. The Morgan fingerprint density at radius 3 is 2.32 bits per heavy atom. The number of nitrogens with one attached hydrogen (secondary N) is 1. The number of amides is 2. The van der Waals surface area contributed by atoms with Crippen LogP contribution in [-0.4, -0.2) is 63.0 Å². The highest BCUT2D eigenvalue weighted by atomic mass is 32.2. The summed E-state index contributed by atoms with van der Waals surface area (Å²) in [5.41, 5.74) is 10.2. The second-order valence-corrected chi connectivity index (χ2v) is 13.6. The van der Waals surface area contributed by atoms with Crippen molar-refractivity contribution in [3.63, 3.8) is 0 Å². The van der Waals surface area contributed by atoms with Crippen molar-refractivity contribution in [2.75, 3.05) is 12.0 Å². The zero-order valence-corrected chi connectivity index (χ0v) is 23.9. The van der Waals surface area contributed by atoms with Gasteiger partial charge in [-0.15, -0.1) is 0 Å². The van der Waals surface area contributed by atoms with E-state index in [1.54, 1.807) is 13.8 Å². The molecule has 1 heterocycles. The van der Waals surface area contributed by atoms with Gasteiger partial charge in [0.2, 0.25) is 11.8 Å². The van der Waals surface area contributed by atoms with Crippen molar-refractivity contribution < 1.29 is 24.9 Å². The second-order valence-electron chi connectivity index (χ2n) is 11.2. The summed E-state index contributed by atoms with van der Waals surface area (Å²) in [7, 11) is -0.645. The standard InChI is InChI=1S/C30H44N2O5S/c1-19-10-15-22(28-27(36)26(35)24(33)18-38(28)4)17-23(19)16-21-13-11-20(12-14-21)8-6-5-7-9-25(34)32-30(2,3)29(31)37/h10-15,17,24,26-28,33,35-36,38H,5-9,16,18H2,1-4H3,(H2,31,37)(H,32,34)/t24-,26-,27-,28+/m1/s1. The van der Waals surface area contributed by atoms with E-state index in [0.29, 0.717) is 12.2 Å². The summed E-state index contributed by atoms with van der Waals surface area (Å²) >= 11 is 0. The minimum atomic E-state index is -1.11. The molecule has 1 saturated heterocycles.